The molecule has 0 radical (unpaired) electrons. The summed E-state index contributed by atoms with van der Waals surface area (Å²) in [6.45, 7) is 1.29. The minimum atomic E-state index is -4.82. The van der Waals surface area contributed by atoms with Gasteiger partial charge in [0.25, 0.3) is 6.47 Å². The zero-order valence-electron chi connectivity index (χ0n) is 8.71. The maximum Gasteiger partial charge on any atom is 0.425 e. The molecule has 1 N–H and O–H groups in total. The van der Waals surface area contributed by atoms with E-state index in [-0.39, 0.29) is 12.9 Å². The molecule has 3 unspecified atom stereocenters. The Morgan fingerprint density at radius 3 is 2.38 bits per heavy atom. The first-order chi connectivity index (χ1) is 7.32. The van der Waals surface area contributed by atoms with E-state index in [0.717, 1.165) is 0 Å². The van der Waals surface area contributed by atoms with Crippen LogP contribution in [-0.2, 0) is 9.53 Å². The van der Waals surface area contributed by atoms with E-state index >= 15 is 0 Å². The Hall–Kier alpha value is -0.850. The third kappa shape index (κ3) is 5.29. The molecular weight excluding hydrogens is 232 g/mol. The Balaban J connectivity index is 4.33. The summed E-state index contributed by atoms with van der Waals surface area (Å²) in [5, 5.41) is 9.11. The summed E-state index contributed by atoms with van der Waals surface area (Å²) < 4.78 is 53.4. The van der Waals surface area contributed by atoms with Crippen LogP contribution in [0.2, 0.25) is 0 Å². The molecule has 16 heavy (non-hydrogen) atoms. The Morgan fingerprint density at radius 1 is 1.44 bits per heavy atom. The second kappa shape index (κ2) is 6.67. The highest BCUT2D eigenvalue weighted by Crippen LogP contribution is 2.27. The van der Waals surface area contributed by atoms with Crippen molar-refractivity contribution in [3.05, 3.63) is 0 Å². The van der Waals surface area contributed by atoms with Gasteiger partial charge in [-0.25, -0.2) is 4.39 Å². The van der Waals surface area contributed by atoms with E-state index in [4.69, 9.17) is 5.11 Å². The summed E-state index contributed by atoms with van der Waals surface area (Å²) in [6.07, 6.45) is -11.4. The number of rotatable bonds is 7. The molecule has 0 aromatic rings. The van der Waals surface area contributed by atoms with Crippen molar-refractivity contribution in [3.8, 4) is 0 Å². The van der Waals surface area contributed by atoms with Crippen molar-refractivity contribution >= 4 is 6.47 Å². The van der Waals surface area contributed by atoms with Gasteiger partial charge in [-0.15, -0.1) is 0 Å². The van der Waals surface area contributed by atoms with Crippen LogP contribution in [0.15, 0.2) is 0 Å². The van der Waals surface area contributed by atoms with Crippen molar-refractivity contribution < 1.29 is 32.2 Å². The van der Waals surface area contributed by atoms with Gasteiger partial charge >= 0.3 is 6.18 Å². The van der Waals surface area contributed by atoms with Crippen LogP contribution in [0.4, 0.5) is 17.6 Å². The first-order valence-corrected chi connectivity index (χ1v) is 4.80. The van der Waals surface area contributed by atoms with Crippen LogP contribution < -0.4 is 0 Å². The average molecular weight is 246 g/mol. The lowest BCUT2D eigenvalue weighted by Crippen LogP contribution is -2.37. The second-order valence-electron chi connectivity index (χ2n) is 3.37. The molecule has 0 aliphatic heterocycles. The first kappa shape index (κ1) is 15.2. The molecule has 3 nitrogen and oxygen atoms in total. The van der Waals surface area contributed by atoms with E-state index in [1.807, 2.05) is 0 Å². The predicted molar refractivity (Wildman–Crippen MR) is 47.4 cm³/mol. The highest BCUT2D eigenvalue weighted by Gasteiger charge is 2.43. The fourth-order valence-corrected chi connectivity index (χ4v) is 1.17. The van der Waals surface area contributed by atoms with Gasteiger partial charge < -0.3 is 9.84 Å². The van der Waals surface area contributed by atoms with Crippen molar-refractivity contribution in [2.75, 3.05) is 0 Å². The Kier molecular flexibility index (Phi) is 6.32. The molecule has 0 rings (SSSR count). The number of carbonyl (C=O) groups is 1. The van der Waals surface area contributed by atoms with Crippen molar-refractivity contribution in [1.82, 2.24) is 0 Å². The Morgan fingerprint density at radius 2 is 2.00 bits per heavy atom. The normalized spacial score (nSPS) is 17.6. The van der Waals surface area contributed by atoms with E-state index in [0.29, 0.717) is 6.42 Å². The molecule has 0 aromatic heterocycles. The van der Waals surface area contributed by atoms with Crippen LogP contribution in [0, 0.1) is 0 Å². The average Bonchev–Trinajstić information content (AvgIpc) is 2.15. The van der Waals surface area contributed by atoms with Crippen molar-refractivity contribution in [2.24, 2.45) is 0 Å². The van der Waals surface area contributed by atoms with E-state index in [1.165, 1.54) is 0 Å². The summed E-state index contributed by atoms with van der Waals surface area (Å²) in [7, 11) is 0. The van der Waals surface area contributed by atoms with Gasteiger partial charge in [0, 0.05) is 6.42 Å². The smallest absolute Gasteiger partial charge is 0.425 e. The zero-order valence-corrected chi connectivity index (χ0v) is 8.71. The SMILES string of the molecule is CCCC(O)C(F)CC(OC=O)C(F)(F)F. The quantitative estimate of drug-likeness (QED) is 0.552. The van der Waals surface area contributed by atoms with Crippen LogP contribution in [0.5, 0.6) is 0 Å². The maximum atomic E-state index is 13.1. The number of aliphatic hydroxyl groups excluding tert-OH is 1. The Bertz CT molecular complexity index is 207. The monoisotopic (exact) mass is 246 g/mol. The topological polar surface area (TPSA) is 46.5 Å². The fourth-order valence-electron chi connectivity index (χ4n) is 1.17. The maximum absolute atomic E-state index is 13.1. The highest BCUT2D eigenvalue weighted by atomic mass is 19.4. The minimum Gasteiger partial charge on any atom is -0.455 e. The van der Waals surface area contributed by atoms with E-state index < -0.39 is 31.0 Å². The van der Waals surface area contributed by atoms with Gasteiger partial charge in [0.05, 0.1) is 6.10 Å². The molecule has 7 heteroatoms. The zero-order chi connectivity index (χ0) is 12.8. The lowest BCUT2D eigenvalue weighted by Gasteiger charge is -2.22. The molecule has 0 saturated carbocycles. The van der Waals surface area contributed by atoms with Crippen LogP contribution in [0.3, 0.4) is 0 Å². The van der Waals surface area contributed by atoms with Gasteiger partial charge in [-0.1, -0.05) is 13.3 Å². The van der Waals surface area contributed by atoms with E-state index in [9.17, 15) is 22.4 Å². The molecule has 0 heterocycles. The largest absolute Gasteiger partial charge is 0.455 e. The van der Waals surface area contributed by atoms with Gasteiger partial charge in [0.2, 0.25) is 0 Å². The van der Waals surface area contributed by atoms with Gasteiger partial charge in [0.1, 0.15) is 6.17 Å². The molecule has 0 saturated heterocycles. The summed E-state index contributed by atoms with van der Waals surface area (Å²) in [5.41, 5.74) is 0. The summed E-state index contributed by atoms with van der Waals surface area (Å²) >= 11 is 0. The fraction of sp³-hybridized carbons (Fsp3) is 0.889. The lowest BCUT2D eigenvalue weighted by atomic mass is 10.0. The molecule has 0 aromatic carbocycles. The molecule has 3 atom stereocenters. The van der Waals surface area contributed by atoms with Crippen molar-refractivity contribution in [2.45, 2.75) is 50.7 Å². The van der Waals surface area contributed by atoms with Crippen molar-refractivity contribution in [3.63, 3.8) is 0 Å². The number of hydrogen-bond acceptors (Lipinski definition) is 3. The van der Waals surface area contributed by atoms with Crippen LogP contribution >= 0.6 is 0 Å². The van der Waals surface area contributed by atoms with Crippen LogP contribution in [0.25, 0.3) is 0 Å². The minimum absolute atomic E-state index is 0.0623. The number of alkyl halides is 4. The molecular formula is C9H14F4O3. The number of hydrogen-bond donors (Lipinski definition) is 1. The van der Waals surface area contributed by atoms with Gasteiger partial charge in [-0.2, -0.15) is 13.2 Å². The van der Waals surface area contributed by atoms with Crippen molar-refractivity contribution in [1.29, 1.82) is 0 Å². The first-order valence-electron chi connectivity index (χ1n) is 4.80. The van der Waals surface area contributed by atoms with Crippen LogP contribution in [0.1, 0.15) is 26.2 Å². The molecule has 0 spiro atoms. The summed E-state index contributed by atoms with van der Waals surface area (Å²) in [5.74, 6) is 0. The van der Waals surface area contributed by atoms with Gasteiger partial charge in [0.15, 0.2) is 6.10 Å². The number of carbonyl (C=O) groups excluding carboxylic acids is 1. The summed E-state index contributed by atoms with van der Waals surface area (Å²) in [4.78, 5) is 9.83. The molecule has 0 aliphatic carbocycles. The summed E-state index contributed by atoms with van der Waals surface area (Å²) in [6, 6.07) is 0. The number of ether oxygens (including phenoxy) is 1. The molecule has 0 amide bonds. The van der Waals surface area contributed by atoms with Gasteiger partial charge in [-0.05, 0) is 6.42 Å². The molecule has 0 aliphatic rings. The number of halogens is 4. The van der Waals surface area contributed by atoms with E-state index in [1.54, 1.807) is 6.92 Å². The van der Waals surface area contributed by atoms with Crippen LogP contribution in [-0.4, -0.2) is 36.1 Å². The Labute approximate surface area is 90.4 Å². The standard InChI is InChI=1S/C9H14F4O3/c1-2-3-7(15)6(10)4-8(16-5-14)9(11,12)13/h5-8,15H,2-4H2,1H3. The van der Waals surface area contributed by atoms with E-state index in [2.05, 4.69) is 4.74 Å². The lowest BCUT2D eigenvalue weighted by molar-refractivity contribution is -0.220. The molecule has 0 fully saturated rings. The molecule has 96 valence electrons. The second-order valence-corrected chi connectivity index (χ2v) is 3.37. The predicted octanol–water partition coefficient (Wildman–Crippen LogP) is 1.98. The molecule has 0 bridgehead atoms. The number of aliphatic hydroxyl groups is 1. The third-order valence-electron chi connectivity index (χ3n) is 2.03. The highest BCUT2D eigenvalue weighted by molar-refractivity contribution is 5.37. The van der Waals surface area contributed by atoms with Gasteiger partial charge in [-0.3, -0.25) is 4.79 Å². The third-order valence-corrected chi connectivity index (χ3v) is 2.03.